The highest BCUT2D eigenvalue weighted by Crippen LogP contribution is 2.52. The molecule has 0 spiro atoms. The van der Waals surface area contributed by atoms with Crippen molar-refractivity contribution in [3.05, 3.63) is 266 Å². The molecule has 20 heterocycles. The Morgan fingerprint density at radius 1 is 0.317 bits per heavy atom. The van der Waals surface area contributed by atoms with Gasteiger partial charge in [-0.05, 0) is 228 Å². The van der Waals surface area contributed by atoms with Gasteiger partial charge in [0.05, 0.1) is 59.0 Å². The van der Waals surface area contributed by atoms with E-state index < -0.39 is 0 Å². The zero-order valence-corrected chi connectivity index (χ0v) is 79.7. The lowest BCUT2D eigenvalue weighted by Gasteiger charge is -2.34. The largest absolute Gasteiger partial charge is 0.383 e. The number of nitrogens with zero attached hydrogens (tertiary/aromatic N) is 26. The highest BCUT2D eigenvalue weighted by atomic mass is 16.2. The number of fused-ring (bicyclic) bond motifs is 4. The van der Waals surface area contributed by atoms with Gasteiger partial charge in [-0.1, -0.05) is 13.2 Å². The van der Waals surface area contributed by atoms with Gasteiger partial charge in [0.1, 0.15) is 69.6 Å². The van der Waals surface area contributed by atoms with Crippen molar-refractivity contribution in [3.63, 3.8) is 0 Å². The first kappa shape index (κ1) is 90.7. The van der Waals surface area contributed by atoms with E-state index in [0.29, 0.717) is 57.9 Å². The number of hydrogen-bond donors (Lipinski definition) is 8. The van der Waals surface area contributed by atoms with Crippen LogP contribution < -0.4 is 54.0 Å². The number of nitrogen functional groups attached to an aromatic ring is 4. The van der Waals surface area contributed by atoms with Crippen molar-refractivity contribution in [3.8, 4) is 67.8 Å². The summed E-state index contributed by atoms with van der Waals surface area (Å²) in [7, 11) is 11.3. The molecule has 38 nitrogen and oxygen atoms in total. The number of nitrogens with two attached hydrogens (primary N) is 4. The van der Waals surface area contributed by atoms with Crippen LogP contribution >= 0.6 is 0 Å². The molecular formula is C104H102N34O4. The van der Waals surface area contributed by atoms with Crippen molar-refractivity contribution in [2.24, 2.45) is 66.0 Å². The number of carbonyl (C=O) groups is 4. The fraction of sp³-hybridized carbons (Fsp3) is 0.250. The van der Waals surface area contributed by atoms with Gasteiger partial charge in [-0.2, -0.15) is 30.6 Å². The van der Waals surface area contributed by atoms with E-state index in [1.165, 1.54) is 0 Å². The molecular weight excluding hydrogens is 1790 g/mol. The van der Waals surface area contributed by atoms with Gasteiger partial charge in [-0.3, -0.25) is 57.2 Å². The SMILES string of the molecule is C=C1CCN1c1cc(C)c(-c2cc3cc(NC(=O)[C@@H]4C[C@H]4c4cnn(C)c4)ncc3c(N)n2)cn1.C=C1CCN1c1cc(C)c(-c2cc3cc(NC(=O)[C@H]4C[C@@H]4c4cnn(C)c4)ncc3c(N)n2)cn1.Cc1cc(-c2ccn(C)n2)ncc1-c1cc2cc(NC(=O)[C@@H]3C[C@H]3c3cnn(C)c3)ncc2c(N)n1.Cc1cc(-c2ccn(C)n2)ncc1-c1cc2cc(NC(=O)[C@H]3C[C@@H]3c3cnn(C)c3)ncc2c(N)n1. The number of pyridine rings is 12. The quantitative estimate of drug-likeness (QED) is 0.0351. The predicted molar refractivity (Wildman–Crippen MR) is 545 cm³/mol. The number of nitrogens with one attached hydrogen (secondary N) is 4. The Balaban J connectivity index is 0.000000112. The van der Waals surface area contributed by atoms with Crippen molar-refractivity contribution >= 4 is 125 Å². The van der Waals surface area contributed by atoms with Gasteiger partial charge in [0.25, 0.3) is 0 Å². The van der Waals surface area contributed by atoms with Crippen LogP contribution in [0.4, 0.5) is 58.2 Å². The number of aryl methyl sites for hydroxylation is 10. The standard InChI is InChI=1S/2C26H25N9O.2C26H26N8O/c2*1-14-6-23(21-4-5-34(2)33-21)28-11-19(14)22-7-15-8-24(29-12-20(15)25(27)31-22)32-26(36)18-9-17(18)16-10-30-35(3)13-16;2*1-14-6-24(34-5-4-15(34)2)29-11-20(14)22-7-16-8-23(28-12-21(16)25(27)31-22)32-26(35)19-9-18(19)17-10-30-33(3)13-17/h2*4-8,10-13,17-18H,9H2,1-3H3,(H2,27,31)(H,29,32,36);2*6-8,10-13,18-19H,2,4-5,9H2,1,3H3,(H2,27,31)(H,28,32,35)/t2*17-,18+;2*18-,19+/m1010/s1. The molecule has 12 N–H and O–H groups in total. The number of amides is 4. The van der Waals surface area contributed by atoms with Crippen molar-refractivity contribution in [1.82, 2.24) is 118 Å². The van der Waals surface area contributed by atoms with Gasteiger partial charge >= 0.3 is 0 Å². The Kier molecular flexibility index (Phi) is 23.4. The smallest absolute Gasteiger partial charge is 0.229 e. The molecule has 142 heavy (non-hydrogen) atoms. The summed E-state index contributed by atoms with van der Waals surface area (Å²) in [6.07, 6.45) is 38.1. The van der Waals surface area contributed by atoms with Gasteiger partial charge in [0.2, 0.25) is 23.6 Å². The lowest BCUT2D eigenvalue weighted by atomic mass is 10.0. The maximum atomic E-state index is 12.8. The maximum absolute atomic E-state index is 12.8. The Morgan fingerprint density at radius 3 is 0.803 bits per heavy atom. The Hall–Kier alpha value is -17.7. The van der Waals surface area contributed by atoms with Gasteiger partial charge in [-0.25, -0.2) is 49.8 Å². The van der Waals surface area contributed by atoms with Crippen LogP contribution in [0.5, 0.6) is 0 Å². The zero-order valence-electron chi connectivity index (χ0n) is 79.7. The zero-order chi connectivity index (χ0) is 98.5. The summed E-state index contributed by atoms with van der Waals surface area (Å²) in [5.74, 6) is 5.71. The molecule has 0 radical (unpaired) electrons. The maximum Gasteiger partial charge on any atom is 0.229 e. The van der Waals surface area contributed by atoms with Gasteiger partial charge in [0, 0.05) is 234 Å². The molecule has 8 atom stereocenters. The van der Waals surface area contributed by atoms with E-state index in [1.54, 1.807) is 65.3 Å². The second kappa shape index (κ2) is 36.6. The van der Waals surface area contributed by atoms with Crippen LogP contribution in [0.2, 0.25) is 0 Å². The van der Waals surface area contributed by atoms with Gasteiger partial charge in [-0.15, -0.1) is 0 Å². The van der Waals surface area contributed by atoms with Crippen LogP contribution in [0.1, 0.15) is 107 Å². The first-order chi connectivity index (χ1) is 68.4. The van der Waals surface area contributed by atoms with Crippen LogP contribution in [0.15, 0.2) is 221 Å². The van der Waals surface area contributed by atoms with E-state index in [1.807, 2.05) is 229 Å². The Bertz CT molecular complexity index is 7690. The molecule has 2 aliphatic heterocycles. The van der Waals surface area contributed by atoms with Crippen molar-refractivity contribution in [2.75, 3.05) is 67.1 Å². The molecule has 4 aliphatic carbocycles. The molecule has 38 heteroatoms. The predicted octanol–water partition coefficient (Wildman–Crippen LogP) is 14.5. The van der Waals surface area contributed by atoms with Gasteiger partial charge in [0.15, 0.2) is 0 Å². The van der Waals surface area contributed by atoms with Crippen LogP contribution in [0.3, 0.4) is 0 Å². The van der Waals surface area contributed by atoms with Crippen LogP contribution in [0, 0.1) is 51.4 Å². The molecule has 6 fully saturated rings. The van der Waals surface area contributed by atoms with E-state index in [2.05, 4.69) is 135 Å². The minimum absolute atomic E-state index is 0.0313. The van der Waals surface area contributed by atoms with Crippen LogP contribution in [-0.4, -0.2) is 155 Å². The fourth-order valence-electron chi connectivity index (χ4n) is 18.6. The molecule has 18 aromatic rings. The molecule has 4 amide bonds. The Labute approximate surface area is 814 Å². The van der Waals surface area contributed by atoms with Gasteiger partial charge < -0.3 is 54.0 Å². The summed E-state index contributed by atoms with van der Waals surface area (Å²) in [5, 5.41) is 43.9. The normalized spacial score (nSPS) is 17.9. The third-order valence-corrected chi connectivity index (χ3v) is 27.1. The first-order valence-corrected chi connectivity index (χ1v) is 46.7. The molecule has 4 saturated carbocycles. The minimum Gasteiger partial charge on any atom is -0.383 e. The van der Waals surface area contributed by atoms with Crippen molar-refractivity contribution in [1.29, 1.82) is 0 Å². The third kappa shape index (κ3) is 18.7. The molecule has 0 unspecified atom stereocenters. The lowest BCUT2D eigenvalue weighted by molar-refractivity contribution is -0.118. The number of rotatable bonds is 20. The second-order valence-electron chi connectivity index (χ2n) is 37.4. The molecule has 0 aromatic carbocycles. The summed E-state index contributed by atoms with van der Waals surface area (Å²) >= 11 is 0. The summed E-state index contributed by atoms with van der Waals surface area (Å²) in [4.78, 5) is 110. The van der Waals surface area contributed by atoms with E-state index in [-0.39, 0.29) is 71.0 Å². The number of aromatic nitrogens is 24. The summed E-state index contributed by atoms with van der Waals surface area (Å²) in [6, 6.07) is 27.1. The summed E-state index contributed by atoms with van der Waals surface area (Å²) in [5.41, 5.74) is 45.4. The highest BCUT2D eigenvalue weighted by molar-refractivity contribution is 6.04. The average molecular weight is 1890 g/mol. The average Bonchev–Trinajstić information content (AvgIpc) is 1.53. The molecule has 18 aromatic heterocycles. The van der Waals surface area contributed by atoms with E-state index in [4.69, 9.17) is 22.9 Å². The van der Waals surface area contributed by atoms with E-state index in [0.717, 1.165) is 219 Å². The fourth-order valence-corrected chi connectivity index (χ4v) is 18.6. The van der Waals surface area contributed by atoms with Crippen LogP contribution in [0.25, 0.3) is 111 Å². The Morgan fingerprint density at radius 2 is 0.585 bits per heavy atom. The van der Waals surface area contributed by atoms with Crippen molar-refractivity contribution in [2.45, 2.75) is 89.9 Å². The molecule has 712 valence electrons. The highest BCUT2D eigenvalue weighted by Gasteiger charge is 2.48. The molecule has 24 rings (SSSR count). The van der Waals surface area contributed by atoms with E-state index in [9.17, 15) is 19.2 Å². The monoisotopic (exact) mass is 1890 g/mol. The summed E-state index contributed by atoms with van der Waals surface area (Å²) in [6.45, 7) is 18.1. The number of carbonyl (C=O) groups excluding carboxylic acids is 4. The molecule has 0 bridgehead atoms. The summed E-state index contributed by atoms with van der Waals surface area (Å²) < 4.78 is 10.5. The number of hydrogen-bond acceptors (Lipinski definition) is 28. The van der Waals surface area contributed by atoms with E-state index >= 15 is 0 Å². The van der Waals surface area contributed by atoms with Crippen LogP contribution in [-0.2, 0) is 61.5 Å². The molecule has 2 saturated heterocycles. The third-order valence-electron chi connectivity index (χ3n) is 27.1. The first-order valence-electron chi connectivity index (χ1n) is 46.7. The second-order valence-corrected chi connectivity index (χ2v) is 37.4. The number of anilines is 10. The van der Waals surface area contributed by atoms with Crippen molar-refractivity contribution < 1.29 is 19.2 Å². The minimum atomic E-state index is -0.0730. The topological polar surface area (TPSA) is 489 Å². The molecule has 6 aliphatic rings. The lowest BCUT2D eigenvalue weighted by Crippen LogP contribution is -2.34.